The van der Waals surface area contributed by atoms with Gasteiger partial charge < -0.3 is 19.3 Å². The number of halogens is 1. The first-order valence-corrected chi connectivity index (χ1v) is 10.2. The highest BCUT2D eigenvalue weighted by Gasteiger charge is 2.32. The molecule has 1 aromatic carbocycles. The highest BCUT2D eigenvalue weighted by molar-refractivity contribution is 7.13. The maximum atomic E-state index is 10.2. The van der Waals surface area contributed by atoms with Crippen molar-refractivity contribution in [3.8, 4) is 10.8 Å². The molecule has 3 atom stereocenters. The van der Waals surface area contributed by atoms with Crippen LogP contribution < -0.4 is 9.47 Å². The molecule has 0 bridgehead atoms. The van der Waals surface area contributed by atoms with Crippen LogP contribution in [0.2, 0.25) is 5.02 Å². The summed E-state index contributed by atoms with van der Waals surface area (Å²) in [6.07, 6.45) is 2.46. The minimum absolute atomic E-state index is 0.0439. The zero-order valence-corrected chi connectivity index (χ0v) is 16.5. The molecule has 0 spiro atoms. The first-order chi connectivity index (χ1) is 12.5. The van der Waals surface area contributed by atoms with E-state index in [9.17, 15) is 5.11 Å². The van der Waals surface area contributed by atoms with E-state index in [-0.39, 0.29) is 18.3 Å². The molecule has 3 unspecified atom stereocenters. The van der Waals surface area contributed by atoms with E-state index >= 15 is 0 Å². The Morgan fingerprint density at radius 2 is 2.19 bits per heavy atom. The second-order valence-electron chi connectivity index (χ2n) is 7.01. The van der Waals surface area contributed by atoms with Gasteiger partial charge in [-0.1, -0.05) is 17.7 Å². The molecule has 0 aliphatic carbocycles. The summed E-state index contributed by atoms with van der Waals surface area (Å²) in [7, 11) is 1.68. The predicted octanol–water partition coefficient (Wildman–Crippen LogP) is 4.54. The van der Waals surface area contributed by atoms with Gasteiger partial charge in [-0.2, -0.15) is 0 Å². The average molecular weight is 395 g/mol. The third-order valence-corrected chi connectivity index (χ3v) is 6.53. The van der Waals surface area contributed by atoms with Crippen LogP contribution in [0.3, 0.4) is 0 Å². The molecule has 4 nitrogen and oxygen atoms in total. The quantitative estimate of drug-likeness (QED) is 0.827. The van der Waals surface area contributed by atoms with Gasteiger partial charge >= 0.3 is 0 Å². The summed E-state index contributed by atoms with van der Waals surface area (Å²) in [5, 5.41) is 11.8. The summed E-state index contributed by atoms with van der Waals surface area (Å²) in [6.45, 7) is 2.66. The van der Waals surface area contributed by atoms with Crippen LogP contribution in [-0.2, 0) is 17.6 Å². The molecular formula is C20H23ClO4S. The summed E-state index contributed by atoms with van der Waals surface area (Å²) in [6, 6.07) is 6.19. The van der Waals surface area contributed by atoms with Gasteiger partial charge in [-0.05, 0) is 36.6 Å². The van der Waals surface area contributed by atoms with E-state index < -0.39 is 0 Å². The Balaban J connectivity index is 1.71. The summed E-state index contributed by atoms with van der Waals surface area (Å²) in [5.41, 5.74) is 3.28. The second-order valence-corrected chi connectivity index (χ2v) is 8.52. The SMILES string of the molecule is COc1ccc(Cc2cc(C3CC(O)CC(C)O3)c3c(c2Cl)OCC3)s1. The average Bonchev–Trinajstić information content (AvgIpc) is 3.26. The van der Waals surface area contributed by atoms with Crippen molar-refractivity contribution >= 4 is 22.9 Å². The topological polar surface area (TPSA) is 47.9 Å². The van der Waals surface area contributed by atoms with E-state index in [4.69, 9.17) is 25.8 Å². The molecular weight excluding hydrogens is 372 g/mol. The van der Waals surface area contributed by atoms with Gasteiger partial charge in [0.15, 0.2) is 5.06 Å². The van der Waals surface area contributed by atoms with Crippen molar-refractivity contribution in [3.05, 3.63) is 44.8 Å². The zero-order chi connectivity index (χ0) is 18.3. The first kappa shape index (κ1) is 18.1. The molecule has 0 radical (unpaired) electrons. The number of aliphatic hydroxyl groups is 1. The Hall–Kier alpha value is -1.27. The minimum Gasteiger partial charge on any atom is -0.491 e. The maximum Gasteiger partial charge on any atom is 0.173 e. The van der Waals surface area contributed by atoms with Crippen molar-refractivity contribution in [1.82, 2.24) is 0 Å². The molecule has 6 heteroatoms. The van der Waals surface area contributed by atoms with Crippen molar-refractivity contribution in [2.45, 2.75) is 50.9 Å². The van der Waals surface area contributed by atoms with E-state index in [1.807, 2.05) is 13.0 Å². The third kappa shape index (κ3) is 3.46. The van der Waals surface area contributed by atoms with Crippen LogP contribution >= 0.6 is 22.9 Å². The molecule has 0 saturated carbocycles. The van der Waals surface area contributed by atoms with Crippen molar-refractivity contribution in [2.24, 2.45) is 0 Å². The van der Waals surface area contributed by atoms with E-state index in [2.05, 4.69) is 12.1 Å². The maximum absolute atomic E-state index is 10.2. The fourth-order valence-corrected chi connectivity index (χ4v) is 5.03. The first-order valence-electron chi connectivity index (χ1n) is 8.98. The van der Waals surface area contributed by atoms with Crippen molar-refractivity contribution in [3.63, 3.8) is 0 Å². The Kier molecular flexibility index (Phi) is 5.15. The molecule has 26 heavy (non-hydrogen) atoms. The van der Waals surface area contributed by atoms with Crippen molar-refractivity contribution in [1.29, 1.82) is 0 Å². The van der Waals surface area contributed by atoms with Crippen LogP contribution in [0, 0.1) is 0 Å². The van der Waals surface area contributed by atoms with E-state index in [1.165, 1.54) is 4.88 Å². The number of benzene rings is 1. The molecule has 2 aromatic rings. The number of aliphatic hydroxyl groups excluding tert-OH is 1. The highest BCUT2D eigenvalue weighted by Crippen LogP contribution is 2.44. The Morgan fingerprint density at radius 1 is 1.35 bits per heavy atom. The standard InChI is InChI=1S/C20H23ClO4S/c1-11-7-13(22)10-17(25-11)16-9-12(8-14-3-4-18(23-2)26-14)19(21)20-15(16)5-6-24-20/h3-4,9,11,13,17,22H,5-8,10H2,1-2H3. The van der Waals surface area contributed by atoms with E-state index in [1.54, 1.807) is 18.4 Å². The van der Waals surface area contributed by atoms with Gasteiger partial charge in [0, 0.05) is 29.7 Å². The van der Waals surface area contributed by atoms with Gasteiger partial charge in [-0.15, -0.1) is 11.3 Å². The van der Waals surface area contributed by atoms with E-state index in [0.717, 1.165) is 40.3 Å². The van der Waals surface area contributed by atoms with Gasteiger partial charge in [0.05, 0.1) is 37.1 Å². The molecule has 1 fully saturated rings. The lowest BCUT2D eigenvalue weighted by atomic mass is 9.90. The summed E-state index contributed by atoms with van der Waals surface area (Å²) < 4.78 is 17.3. The molecule has 140 valence electrons. The zero-order valence-electron chi connectivity index (χ0n) is 15.0. The second kappa shape index (κ2) is 7.39. The summed E-state index contributed by atoms with van der Waals surface area (Å²) in [5.74, 6) is 0.791. The minimum atomic E-state index is -0.331. The number of hydrogen-bond donors (Lipinski definition) is 1. The molecule has 1 aromatic heterocycles. The number of hydrogen-bond acceptors (Lipinski definition) is 5. The van der Waals surface area contributed by atoms with Crippen LogP contribution in [0.1, 0.15) is 47.4 Å². The number of rotatable bonds is 4. The van der Waals surface area contributed by atoms with Gasteiger partial charge in [0.2, 0.25) is 0 Å². The highest BCUT2D eigenvalue weighted by atomic mass is 35.5. The van der Waals surface area contributed by atoms with E-state index in [0.29, 0.717) is 24.5 Å². The van der Waals surface area contributed by atoms with Crippen LogP contribution in [0.4, 0.5) is 0 Å². The van der Waals surface area contributed by atoms with Crippen LogP contribution in [0.25, 0.3) is 0 Å². The van der Waals surface area contributed by atoms with Gasteiger partial charge in [-0.25, -0.2) is 0 Å². The fourth-order valence-electron chi connectivity index (χ4n) is 3.90. The van der Waals surface area contributed by atoms with Crippen LogP contribution in [0.5, 0.6) is 10.8 Å². The normalized spacial score (nSPS) is 25.0. The smallest absolute Gasteiger partial charge is 0.173 e. The lowest BCUT2D eigenvalue weighted by Gasteiger charge is -2.33. The van der Waals surface area contributed by atoms with Crippen LogP contribution in [0.15, 0.2) is 18.2 Å². The number of fused-ring (bicyclic) bond motifs is 1. The van der Waals surface area contributed by atoms with Crippen molar-refractivity contribution < 1.29 is 19.3 Å². The monoisotopic (exact) mass is 394 g/mol. The molecule has 1 saturated heterocycles. The fraction of sp³-hybridized carbons (Fsp3) is 0.500. The van der Waals surface area contributed by atoms with Crippen molar-refractivity contribution in [2.75, 3.05) is 13.7 Å². The summed E-state index contributed by atoms with van der Waals surface area (Å²) in [4.78, 5) is 1.19. The lowest BCUT2D eigenvalue weighted by molar-refractivity contribution is -0.0898. The van der Waals surface area contributed by atoms with Crippen LogP contribution in [-0.4, -0.2) is 31.0 Å². The molecule has 4 rings (SSSR count). The Labute approximate surface area is 162 Å². The summed E-state index contributed by atoms with van der Waals surface area (Å²) >= 11 is 8.29. The molecule has 1 N–H and O–H groups in total. The molecule has 2 aliphatic heterocycles. The van der Waals surface area contributed by atoms with Gasteiger partial charge in [-0.3, -0.25) is 0 Å². The van der Waals surface area contributed by atoms with Gasteiger partial charge in [0.25, 0.3) is 0 Å². The Morgan fingerprint density at radius 3 is 2.92 bits per heavy atom. The molecule has 3 heterocycles. The molecule has 2 aliphatic rings. The largest absolute Gasteiger partial charge is 0.491 e. The predicted molar refractivity (Wildman–Crippen MR) is 103 cm³/mol. The lowest BCUT2D eigenvalue weighted by Crippen LogP contribution is -2.29. The molecule has 0 amide bonds. The Bertz CT molecular complexity index is 793. The third-order valence-electron chi connectivity index (χ3n) is 5.07. The number of methoxy groups -OCH3 is 1. The number of ether oxygens (including phenoxy) is 3. The van der Waals surface area contributed by atoms with Gasteiger partial charge in [0.1, 0.15) is 5.75 Å². The number of thiophene rings is 1.